The van der Waals surface area contributed by atoms with Crippen LogP contribution in [0.15, 0.2) is 43.1 Å². The number of carbonyl (C=O) groups excluding carboxylic acids is 4. The minimum absolute atomic E-state index is 0.0266. The second-order valence-electron chi connectivity index (χ2n) is 16.2. The molecule has 0 unspecified atom stereocenters. The van der Waals surface area contributed by atoms with Crippen LogP contribution in [0.1, 0.15) is 86.5 Å². The summed E-state index contributed by atoms with van der Waals surface area (Å²) in [4.78, 5) is 61.5. The summed E-state index contributed by atoms with van der Waals surface area (Å²) in [6.07, 6.45) is 5.41. The number of nitrogens with zero attached hydrogens (tertiary/aromatic N) is 2. The molecule has 3 fully saturated rings. The summed E-state index contributed by atoms with van der Waals surface area (Å²) < 4.78 is 44.9. The topological polar surface area (TPSA) is 182 Å². The molecule has 296 valence electrons. The highest BCUT2D eigenvalue weighted by Gasteiger charge is 2.61. The number of benzene rings is 1. The number of nitrogens with one attached hydrogen (secondary N) is 3. The van der Waals surface area contributed by atoms with Crippen molar-refractivity contribution in [3.8, 4) is 11.6 Å². The molecule has 1 aromatic heterocycles. The normalized spacial score (nSPS) is 24.1. The predicted molar refractivity (Wildman–Crippen MR) is 203 cm³/mol. The maximum Gasteiger partial charge on any atom is 0.408 e. The van der Waals surface area contributed by atoms with Crippen molar-refractivity contribution in [2.75, 3.05) is 13.7 Å². The highest BCUT2D eigenvalue weighted by Crippen LogP contribution is 2.44. The molecule has 3 aliphatic rings. The van der Waals surface area contributed by atoms with E-state index >= 15 is 0 Å². The zero-order chi connectivity index (χ0) is 39.6. The third-order valence-electron chi connectivity index (χ3n) is 10.5. The summed E-state index contributed by atoms with van der Waals surface area (Å²) in [5.41, 5.74) is -2.28. The average molecular weight is 770 g/mol. The fourth-order valence-electron chi connectivity index (χ4n) is 7.19. The first kappa shape index (κ1) is 40.8. The van der Waals surface area contributed by atoms with Crippen LogP contribution < -0.4 is 24.8 Å². The highest BCUT2D eigenvalue weighted by molar-refractivity contribution is 7.91. The molecular weight excluding hydrogens is 715 g/mol. The summed E-state index contributed by atoms with van der Waals surface area (Å²) in [6, 6.07) is 5.08. The van der Waals surface area contributed by atoms with E-state index in [1.807, 2.05) is 31.2 Å². The number of aromatic nitrogens is 1. The molecule has 1 saturated heterocycles. The minimum Gasteiger partial charge on any atom is -0.497 e. The van der Waals surface area contributed by atoms with Crippen molar-refractivity contribution in [2.45, 2.75) is 121 Å². The van der Waals surface area contributed by atoms with Gasteiger partial charge in [0.05, 0.1) is 18.9 Å². The first-order valence-electron chi connectivity index (χ1n) is 18.8. The zero-order valence-electron chi connectivity index (χ0n) is 32.3. The molecule has 0 radical (unpaired) electrons. The van der Waals surface area contributed by atoms with E-state index in [9.17, 15) is 27.6 Å². The maximum atomic E-state index is 14.7. The monoisotopic (exact) mass is 769 g/mol. The van der Waals surface area contributed by atoms with Gasteiger partial charge in [-0.1, -0.05) is 26.8 Å². The van der Waals surface area contributed by atoms with Crippen molar-refractivity contribution in [1.29, 1.82) is 0 Å². The van der Waals surface area contributed by atoms with Crippen molar-refractivity contribution in [3.05, 3.63) is 43.1 Å². The maximum absolute atomic E-state index is 14.7. The van der Waals surface area contributed by atoms with E-state index in [2.05, 4.69) is 33.8 Å². The fraction of sp³-hybridized carbons (Fsp3) is 0.615. The molecule has 3 N–H and O–H groups in total. The number of ether oxygens (including phenoxy) is 3. The molecular formula is C39H55N5O9S. The number of rotatable bonds is 16. The van der Waals surface area contributed by atoms with Crippen LogP contribution in [0.25, 0.3) is 10.8 Å². The van der Waals surface area contributed by atoms with E-state index in [0.29, 0.717) is 36.3 Å². The van der Waals surface area contributed by atoms with Crippen molar-refractivity contribution in [2.24, 2.45) is 17.8 Å². The van der Waals surface area contributed by atoms with E-state index in [4.69, 9.17) is 14.2 Å². The molecule has 2 saturated carbocycles. The Hall–Kier alpha value is -4.40. The van der Waals surface area contributed by atoms with Crippen LogP contribution in [0.2, 0.25) is 0 Å². The van der Waals surface area contributed by atoms with Crippen LogP contribution in [-0.4, -0.2) is 90.3 Å². The first-order valence-corrected chi connectivity index (χ1v) is 20.3. The third-order valence-corrected chi connectivity index (χ3v) is 12.3. The van der Waals surface area contributed by atoms with Gasteiger partial charge in [0.15, 0.2) is 0 Å². The highest BCUT2D eigenvalue weighted by atomic mass is 32.2. The van der Waals surface area contributed by atoms with Gasteiger partial charge in [0.25, 0.3) is 5.91 Å². The van der Waals surface area contributed by atoms with Gasteiger partial charge >= 0.3 is 6.09 Å². The molecule has 14 nitrogen and oxygen atoms in total. The Morgan fingerprint density at radius 3 is 2.46 bits per heavy atom. The summed E-state index contributed by atoms with van der Waals surface area (Å²) in [6.45, 7) is 14.7. The van der Waals surface area contributed by atoms with Gasteiger partial charge in [-0.2, -0.15) is 0 Å². The molecule has 2 aromatic rings. The van der Waals surface area contributed by atoms with Crippen molar-refractivity contribution in [3.63, 3.8) is 0 Å². The average Bonchev–Trinajstić information content (AvgIpc) is 4.02. The molecule has 2 aliphatic carbocycles. The summed E-state index contributed by atoms with van der Waals surface area (Å²) in [5.74, 6) is -1.48. The molecule has 0 bridgehead atoms. The van der Waals surface area contributed by atoms with Crippen LogP contribution in [0.3, 0.4) is 0 Å². The predicted octanol–water partition coefficient (Wildman–Crippen LogP) is 4.62. The molecule has 2 heterocycles. The third kappa shape index (κ3) is 9.63. The minimum atomic E-state index is -3.87. The standard InChI is InChI=1S/C39H55N5O9S/c1-9-10-11-23(2)18-24(3)32(41-37(48)53-38(5,6)7)35(46)44-22-28(52-34-30-15-12-27(51-8)19-26(30)16-17-40-34)20-31(44)33(45)42-39(21-25(39)4)36(47)43-54(49,50)29-13-14-29/h9,12,15-17,19,23-25,28-29,31-32H,1,10-11,13-14,18,20-22H2,2-8H3,(H,41,48)(H,42,45)(H,43,47)/t23-,24+,25+,28+,31-,32-,39+/m0/s1. The van der Waals surface area contributed by atoms with Gasteiger partial charge in [0.1, 0.15) is 35.1 Å². The number of amides is 4. The number of methoxy groups -OCH3 is 1. The SMILES string of the molecule is C=CCC[C@H](C)C[C@@H](C)[C@H](NC(=O)OC(C)(C)C)C(=O)N1C[C@H](Oc2nccc3cc(OC)ccc23)C[C@H]1C(=O)N[C@]1(C(=O)NS(=O)(=O)C2CC2)C[C@H]1C. The van der Waals surface area contributed by atoms with Crippen molar-refractivity contribution < 1.29 is 41.8 Å². The van der Waals surface area contributed by atoms with Gasteiger partial charge in [0.2, 0.25) is 27.7 Å². The lowest BCUT2D eigenvalue weighted by Gasteiger charge is -2.33. The van der Waals surface area contributed by atoms with Crippen LogP contribution in [0, 0.1) is 17.8 Å². The number of likely N-dealkylation sites (tertiary alicyclic amines) is 1. The van der Waals surface area contributed by atoms with Gasteiger partial charge < -0.3 is 29.7 Å². The Morgan fingerprint density at radius 1 is 1.15 bits per heavy atom. The Kier molecular flexibility index (Phi) is 12.2. The zero-order valence-corrected chi connectivity index (χ0v) is 33.2. The Morgan fingerprint density at radius 2 is 1.85 bits per heavy atom. The molecule has 4 amide bonds. The van der Waals surface area contributed by atoms with E-state index in [1.165, 1.54) is 4.90 Å². The quantitative estimate of drug-likeness (QED) is 0.204. The van der Waals surface area contributed by atoms with Gasteiger partial charge in [-0.15, -0.1) is 6.58 Å². The molecule has 15 heteroatoms. The van der Waals surface area contributed by atoms with Gasteiger partial charge in [0, 0.05) is 18.0 Å². The molecule has 7 atom stereocenters. The molecule has 1 aliphatic heterocycles. The van der Waals surface area contributed by atoms with E-state index in [-0.39, 0.29) is 37.1 Å². The number of allylic oxidation sites excluding steroid dienone is 1. The number of sulfonamides is 1. The Bertz CT molecular complexity index is 1860. The Balaban J connectivity index is 1.45. The summed E-state index contributed by atoms with van der Waals surface area (Å²) >= 11 is 0. The molecule has 0 spiro atoms. The molecule has 54 heavy (non-hydrogen) atoms. The van der Waals surface area contributed by atoms with Crippen LogP contribution in [0.4, 0.5) is 4.79 Å². The number of pyridine rings is 1. The molecule has 5 rings (SSSR count). The number of alkyl carbamates (subject to hydrolysis) is 1. The van der Waals surface area contributed by atoms with E-state index < -0.39 is 68.4 Å². The number of hydrogen-bond donors (Lipinski definition) is 3. The summed E-state index contributed by atoms with van der Waals surface area (Å²) in [5, 5.41) is 6.53. The number of fused-ring (bicyclic) bond motifs is 1. The summed E-state index contributed by atoms with van der Waals surface area (Å²) in [7, 11) is -2.29. The lowest BCUT2D eigenvalue weighted by Crippen LogP contribution is -2.59. The lowest BCUT2D eigenvalue weighted by atomic mass is 9.88. The van der Waals surface area contributed by atoms with Gasteiger partial charge in [-0.3, -0.25) is 19.1 Å². The smallest absolute Gasteiger partial charge is 0.408 e. The second-order valence-corrected chi connectivity index (χ2v) is 18.2. The fourth-order valence-corrected chi connectivity index (χ4v) is 8.55. The Labute approximate surface area is 318 Å². The van der Waals surface area contributed by atoms with Crippen LogP contribution in [-0.2, 0) is 29.1 Å². The number of hydrogen-bond acceptors (Lipinski definition) is 10. The van der Waals surface area contributed by atoms with Crippen LogP contribution in [0.5, 0.6) is 11.6 Å². The molecule has 1 aromatic carbocycles. The van der Waals surface area contributed by atoms with Gasteiger partial charge in [-0.05, 0) is 107 Å². The van der Waals surface area contributed by atoms with E-state index in [1.54, 1.807) is 47.1 Å². The second kappa shape index (κ2) is 16.1. The lowest BCUT2D eigenvalue weighted by molar-refractivity contribution is -0.142. The van der Waals surface area contributed by atoms with Crippen molar-refractivity contribution >= 4 is 44.6 Å². The van der Waals surface area contributed by atoms with Crippen LogP contribution >= 0.6 is 0 Å². The van der Waals surface area contributed by atoms with Gasteiger partial charge in [-0.25, -0.2) is 18.2 Å². The first-order chi connectivity index (χ1) is 25.4. The van der Waals surface area contributed by atoms with E-state index in [0.717, 1.165) is 18.2 Å². The number of carbonyl (C=O) groups is 4. The van der Waals surface area contributed by atoms with Crippen molar-refractivity contribution in [1.82, 2.24) is 25.2 Å². The largest absolute Gasteiger partial charge is 0.497 e.